The SMILES string of the molecule is Fc1cccc(F)c1-c1ccnn1-c1ccccc1N1CCOCC1. The van der Waals surface area contributed by atoms with Gasteiger partial charge in [-0.05, 0) is 30.3 Å². The van der Waals surface area contributed by atoms with Crippen molar-refractivity contribution in [2.24, 2.45) is 0 Å². The Balaban J connectivity index is 1.84. The molecule has 0 atom stereocenters. The van der Waals surface area contributed by atoms with Crippen molar-refractivity contribution in [2.45, 2.75) is 0 Å². The number of ether oxygens (including phenoxy) is 1. The zero-order valence-corrected chi connectivity index (χ0v) is 13.5. The molecule has 0 unspecified atom stereocenters. The van der Waals surface area contributed by atoms with Crippen LogP contribution in [-0.4, -0.2) is 36.1 Å². The van der Waals surface area contributed by atoms with E-state index in [-0.39, 0.29) is 5.56 Å². The van der Waals surface area contributed by atoms with Gasteiger partial charge in [0.2, 0.25) is 0 Å². The smallest absolute Gasteiger partial charge is 0.135 e. The minimum Gasteiger partial charge on any atom is -0.378 e. The highest BCUT2D eigenvalue weighted by molar-refractivity contribution is 5.69. The number of halogens is 2. The van der Waals surface area contributed by atoms with Crippen LogP contribution in [0.2, 0.25) is 0 Å². The molecule has 1 saturated heterocycles. The van der Waals surface area contributed by atoms with Crippen LogP contribution in [0.3, 0.4) is 0 Å². The van der Waals surface area contributed by atoms with E-state index >= 15 is 0 Å². The summed E-state index contributed by atoms with van der Waals surface area (Å²) in [5.41, 5.74) is 2.06. The summed E-state index contributed by atoms with van der Waals surface area (Å²) in [5.74, 6) is -1.21. The van der Waals surface area contributed by atoms with Gasteiger partial charge in [0.1, 0.15) is 11.6 Å². The van der Waals surface area contributed by atoms with E-state index in [0.29, 0.717) is 18.9 Å². The lowest BCUT2D eigenvalue weighted by Crippen LogP contribution is -2.36. The van der Waals surface area contributed by atoms with E-state index in [1.165, 1.54) is 18.2 Å². The molecule has 0 aliphatic carbocycles. The van der Waals surface area contributed by atoms with E-state index in [2.05, 4.69) is 10.00 Å². The Labute approximate surface area is 144 Å². The number of anilines is 1. The molecule has 2 heterocycles. The molecule has 128 valence electrons. The van der Waals surface area contributed by atoms with Crippen molar-refractivity contribution in [2.75, 3.05) is 31.2 Å². The molecule has 25 heavy (non-hydrogen) atoms. The Kier molecular flexibility index (Phi) is 4.19. The van der Waals surface area contributed by atoms with Gasteiger partial charge in [-0.1, -0.05) is 18.2 Å². The van der Waals surface area contributed by atoms with Gasteiger partial charge in [0.05, 0.1) is 42.0 Å². The van der Waals surface area contributed by atoms with E-state index in [9.17, 15) is 8.78 Å². The number of para-hydroxylation sites is 2. The third kappa shape index (κ3) is 2.89. The number of rotatable bonds is 3. The lowest BCUT2D eigenvalue weighted by molar-refractivity contribution is 0.122. The van der Waals surface area contributed by atoms with Crippen molar-refractivity contribution in [3.05, 3.63) is 66.4 Å². The van der Waals surface area contributed by atoms with Crippen LogP contribution in [0, 0.1) is 11.6 Å². The standard InChI is InChI=1S/C19H17F2N3O/c20-14-4-3-5-15(21)19(14)18-8-9-22-24(18)17-7-2-1-6-16(17)23-10-12-25-13-11-23/h1-9H,10-13H2. The fourth-order valence-corrected chi connectivity index (χ4v) is 3.14. The molecule has 1 aromatic heterocycles. The second-order valence-corrected chi connectivity index (χ2v) is 5.81. The molecule has 4 nitrogen and oxygen atoms in total. The van der Waals surface area contributed by atoms with Crippen LogP contribution in [0.25, 0.3) is 16.9 Å². The minimum atomic E-state index is -0.606. The number of hydrogen-bond acceptors (Lipinski definition) is 3. The average molecular weight is 341 g/mol. The first-order valence-electron chi connectivity index (χ1n) is 8.16. The average Bonchev–Trinajstić information content (AvgIpc) is 3.11. The van der Waals surface area contributed by atoms with Gasteiger partial charge >= 0.3 is 0 Å². The first kappa shape index (κ1) is 15.8. The maximum Gasteiger partial charge on any atom is 0.135 e. The van der Waals surface area contributed by atoms with Crippen molar-refractivity contribution in [1.29, 1.82) is 0 Å². The highest BCUT2D eigenvalue weighted by Crippen LogP contribution is 2.31. The molecule has 2 aromatic carbocycles. The van der Waals surface area contributed by atoms with Gasteiger partial charge in [-0.25, -0.2) is 13.5 Å². The molecule has 1 aliphatic rings. The monoisotopic (exact) mass is 341 g/mol. The minimum absolute atomic E-state index is 0.0724. The molecule has 0 amide bonds. The van der Waals surface area contributed by atoms with E-state index in [1.54, 1.807) is 16.9 Å². The van der Waals surface area contributed by atoms with Crippen LogP contribution in [-0.2, 0) is 4.74 Å². The zero-order valence-electron chi connectivity index (χ0n) is 13.5. The Bertz CT molecular complexity index is 868. The summed E-state index contributed by atoms with van der Waals surface area (Å²) in [7, 11) is 0. The van der Waals surface area contributed by atoms with Crippen molar-refractivity contribution in [3.8, 4) is 16.9 Å². The number of morpholine rings is 1. The number of benzene rings is 2. The summed E-state index contributed by atoms with van der Waals surface area (Å²) in [4.78, 5) is 2.20. The molecule has 6 heteroatoms. The summed E-state index contributed by atoms with van der Waals surface area (Å²) in [5, 5.41) is 4.33. The summed E-state index contributed by atoms with van der Waals surface area (Å²) < 4.78 is 35.5. The van der Waals surface area contributed by atoms with Crippen LogP contribution in [0.4, 0.5) is 14.5 Å². The Morgan fingerprint density at radius 2 is 1.52 bits per heavy atom. The maximum absolute atomic E-state index is 14.3. The first-order valence-corrected chi connectivity index (χ1v) is 8.16. The summed E-state index contributed by atoms with van der Waals surface area (Å²) in [6.07, 6.45) is 1.55. The summed E-state index contributed by atoms with van der Waals surface area (Å²) in [6, 6.07) is 13.2. The number of hydrogen-bond donors (Lipinski definition) is 0. The van der Waals surface area contributed by atoms with Gasteiger partial charge in [0.25, 0.3) is 0 Å². The Morgan fingerprint density at radius 1 is 0.840 bits per heavy atom. The molecule has 4 rings (SSSR count). The molecular weight excluding hydrogens is 324 g/mol. The van der Waals surface area contributed by atoms with Gasteiger partial charge < -0.3 is 9.64 Å². The molecule has 0 spiro atoms. The van der Waals surface area contributed by atoms with E-state index in [4.69, 9.17) is 4.74 Å². The van der Waals surface area contributed by atoms with Crippen molar-refractivity contribution < 1.29 is 13.5 Å². The summed E-state index contributed by atoms with van der Waals surface area (Å²) >= 11 is 0. The molecule has 1 aliphatic heterocycles. The van der Waals surface area contributed by atoms with Crippen molar-refractivity contribution in [3.63, 3.8) is 0 Å². The van der Waals surface area contributed by atoms with Crippen LogP contribution in [0.5, 0.6) is 0 Å². The molecular formula is C19H17F2N3O. The van der Waals surface area contributed by atoms with Gasteiger partial charge in [0, 0.05) is 13.1 Å². The van der Waals surface area contributed by atoms with E-state index in [1.807, 2.05) is 24.3 Å². The van der Waals surface area contributed by atoms with Gasteiger partial charge in [0.15, 0.2) is 0 Å². The normalized spacial score (nSPS) is 14.7. The number of aromatic nitrogens is 2. The predicted octanol–water partition coefficient (Wildman–Crippen LogP) is 3.65. The van der Waals surface area contributed by atoms with Gasteiger partial charge in [-0.15, -0.1) is 0 Å². The van der Waals surface area contributed by atoms with E-state index < -0.39 is 11.6 Å². The molecule has 1 fully saturated rings. The maximum atomic E-state index is 14.3. The zero-order chi connectivity index (χ0) is 17.2. The highest BCUT2D eigenvalue weighted by atomic mass is 19.1. The van der Waals surface area contributed by atoms with Crippen molar-refractivity contribution in [1.82, 2.24) is 9.78 Å². The Hall–Kier alpha value is -2.73. The second kappa shape index (κ2) is 6.64. The highest BCUT2D eigenvalue weighted by Gasteiger charge is 2.20. The molecule has 0 radical (unpaired) electrons. The van der Waals surface area contributed by atoms with Crippen LogP contribution >= 0.6 is 0 Å². The lowest BCUT2D eigenvalue weighted by Gasteiger charge is -2.30. The lowest BCUT2D eigenvalue weighted by atomic mass is 10.1. The molecule has 0 bridgehead atoms. The van der Waals surface area contributed by atoms with Crippen LogP contribution < -0.4 is 4.90 Å². The van der Waals surface area contributed by atoms with Gasteiger partial charge in [-0.2, -0.15) is 5.10 Å². The first-order chi connectivity index (χ1) is 12.3. The predicted molar refractivity (Wildman–Crippen MR) is 91.9 cm³/mol. The quantitative estimate of drug-likeness (QED) is 0.728. The van der Waals surface area contributed by atoms with Crippen LogP contribution in [0.1, 0.15) is 0 Å². The van der Waals surface area contributed by atoms with Crippen LogP contribution in [0.15, 0.2) is 54.7 Å². The topological polar surface area (TPSA) is 30.3 Å². The largest absolute Gasteiger partial charge is 0.378 e. The number of nitrogens with zero attached hydrogens (tertiary/aromatic N) is 3. The fourth-order valence-electron chi connectivity index (χ4n) is 3.14. The summed E-state index contributed by atoms with van der Waals surface area (Å²) in [6.45, 7) is 2.84. The van der Waals surface area contributed by atoms with Gasteiger partial charge in [-0.3, -0.25) is 0 Å². The third-order valence-corrected chi connectivity index (χ3v) is 4.32. The Morgan fingerprint density at radius 3 is 2.24 bits per heavy atom. The van der Waals surface area contributed by atoms with E-state index in [0.717, 1.165) is 24.5 Å². The molecule has 0 saturated carbocycles. The fraction of sp³-hybridized carbons (Fsp3) is 0.211. The second-order valence-electron chi connectivity index (χ2n) is 5.81. The van der Waals surface area contributed by atoms with Crippen molar-refractivity contribution >= 4 is 5.69 Å². The molecule has 0 N–H and O–H groups in total. The molecule has 3 aromatic rings. The third-order valence-electron chi connectivity index (χ3n) is 4.32.